The maximum Gasteiger partial charge on any atom is 0.394 e. The summed E-state index contributed by atoms with van der Waals surface area (Å²) in [6.07, 6.45) is -3.47. The minimum atomic E-state index is -3.47. The van der Waals surface area contributed by atoms with E-state index < -0.39 is 12.1 Å². The first-order valence-electron chi connectivity index (χ1n) is 8.88. The zero-order valence-electron chi connectivity index (χ0n) is 15.9. The fraction of sp³-hybridized carbons (Fsp3) is 0.182. The van der Waals surface area contributed by atoms with Crippen molar-refractivity contribution < 1.29 is 27.8 Å². The second kappa shape index (κ2) is 6.55. The van der Waals surface area contributed by atoms with Crippen molar-refractivity contribution in [2.24, 2.45) is 0 Å². The molecule has 0 aliphatic rings. The first-order valence-corrected chi connectivity index (χ1v) is 8.88. The molecule has 0 amide bonds. The van der Waals surface area contributed by atoms with Gasteiger partial charge in [0.2, 0.25) is 0 Å². The number of nitrogens with zero attached hydrogens (tertiary/aromatic N) is 1. The lowest BCUT2D eigenvalue weighted by Gasteiger charge is -2.17. The summed E-state index contributed by atoms with van der Waals surface area (Å²) >= 11 is 0. The van der Waals surface area contributed by atoms with E-state index in [1.54, 1.807) is 13.0 Å². The molecule has 7 heteroatoms. The predicted molar refractivity (Wildman–Crippen MR) is 105 cm³/mol. The van der Waals surface area contributed by atoms with Crippen LogP contribution in [-0.4, -0.2) is 22.2 Å². The van der Waals surface area contributed by atoms with Crippen molar-refractivity contribution in [3.63, 3.8) is 0 Å². The number of benzene rings is 2. The number of carboxylic acid groups (broad SMARTS) is 1. The Bertz CT molecular complexity index is 1270. The smallest absolute Gasteiger partial charge is 0.394 e. The summed E-state index contributed by atoms with van der Waals surface area (Å²) in [6.45, 7) is 4.18. The van der Waals surface area contributed by atoms with E-state index in [9.17, 15) is 18.7 Å². The molecule has 2 heterocycles. The summed E-state index contributed by atoms with van der Waals surface area (Å²) in [4.78, 5) is 16.5. The van der Waals surface area contributed by atoms with E-state index in [-0.39, 0.29) is 22.2 Å². The van der Waals surface area contributed by atoms with Gasteiger partial charge in [0.1, 0.15) is 17.0 Å². The molecule has 0 spiro atoms. The molecule has 4 aromatic rings. The Morgan fingerprint density at radius 3 is 2.55 bits per heavy atom. The Hall–Kier alpha value is -3.48. The zero-order valence-corrected chi connectivity index (χ0v) is 15.9. The van der Waals surface area contributed by atoms with Gasteiger partial charge in [-0.05, 0) is 37.6 Å². The van der Waals surface area contributed by atoms with Gasteiger partial charge in [-0.25, -0.2) is 9.78 Å². The molecule has 0 saturated carbocycles. The molecule has 0 aliphatic heterocycles. The highest BCUT2D eigenvalue weighted by atomic mass is 19.3. The number of carbonyl (C=O) groups is 1. The Kier molecular flexibility index (Phi) is 4.26. The molecule has 2 aromatic carbocycles. The standard InChI is InChI=1S/C22H17F2NO4/c1-11-8-9-17(29-22(3,23)24)18-14(21(26)27)10-15(25-19(11)18)20-12(2)13-6-4-5-7-16(13)28-20/h4-10H,1-3H3,(H,26,27). The van der Waals surface area contributed by atoms with Crippen molar-refractivity contribution in [2.45, 2.75) is 26.9 Å². The average Bonchev–Trinajstić information content (AvgIpc) is 2.99. The minimum Gasteiger partial charge on any atom is -0.478 e. The summed E-state index contributed by atoms with van der Waals surface area (Å²) in [7, 11) is 0. The summed E-state index contributed by atoms with van der Waals surface area (Å²) in [5, 5.41) is 10.7. The normalized spacial score (nSPS) is 11.9. The maximum absolute atomic E-state index is 13.5. The Morgan fingerprint density at radius 1 is 1.17 bits per heavy atom. The van der Waals surface area contributed by atoms with Gasteiger partial charge >= 0.3 is 12.1 Å². The lowest BCUT2D eigenvalue weighted by Crippen LogP contribution is -2.19. The largest absolute Gasteiger partial charge is 0.478 e. The van der Waals surface area contributed by atoms with E-state index in [0.29, 0.717) is 29.5 Å². The van der Waals surface area contributed by atoms with Crippen LogP contribution in [-0.2, 0) is 0 Å². The topological polar surface area (TPSA) is 72.6 Å². The van der Waals surface area contributed by atoms with Crippen molar-refractivity contribution in [1.82, 2.24) is 4.98 Å². The number of furan rings is 1. The number of hydrogen-bond donors (Lipinski definition) is 1. The van der Waals surface area contributed by atoms with Crippen LogP contribution in [0.15, 0.2) is 46.9 Å². The number of aryl methyl sites for hydroxylation is 2. The van der Waals surface area contributed by atoms with E-state index in [4.69, 9.17) is 9.15 Å². The fourth-order valence-electron chi connectivity index (χ4n) is 3.42. The number of para-hydroxylation sites is 1. The summed E-state index contributed by atoms with van der Waals surface area (Å²) < 4.78 is 37.6. The fourth-order valence-corrected chi connectivity index (χ4v) is 3.42. The van der Waals surface area contributed by atoms with Crippen LogP contribution in [0.1, 0.15) is 28.4 Å². The molecule has 0 unspecified atom stereocenters. The molecular weight excluding hydrogens is 380 g/mol. The van der Waals surface area contributed by atoms with Crippen molar-refractivity contribution in [1.29, 1.82) is 0 Å². The number of ether oxygens (including phenoxy) is 1. The number of aromatic carboxylic acids is 1. The molecule has 5 nitrogen and oxygen atoms in total. The van der Waals surface area contributed by atoms with Crippen molar-refractivity contribution in [2.75, 3.05) is 0 Å². The number of hydrogen-bond acceptors (Lipinski definition) is 4. The molecule has 0 radical (unpaired) electrons. The first-order chi connectivity index (χ1) is 13.7. The van der Waals surface area contributed by atoms with Crippen LogP contribution in [0.25, 0.3) is 33.3 Å². The Morgan fingerprint density at radius 2 is 1.90 bits per heavy atom. The second-order valence-corrected chi connectivity index (χ2v) is 6.93. The summed E-state index contributed by atoms with van der Waals surface area (Å²) in [6, 6.07) is 11.7. The second-order valence-electron chi connectivity index (χ2n) is 6.93. The van der Waals surface area contributed by atoms with Crippen molar-refractivity contribution in [3.05, 3.63) is 59.2 Å². The molecule has 2 aromatic heterocycles. The van der Waals surface area contributed by atoms with Crippen LogP contribution in [0, 0.1) is 13.8 Å². The van der Waals surface area contributed by atoms with Crippen LogP contribution in [0.4, 0.5) is 8.78 Å². The molecule has 0 atom stereocenters. The lowest BCUT2D eigenvalue weighted by molar-refractivity contribution is -0.158. The van der Waals surface area contributed by atoms with Crippen molar-refractivity contribution >= 4 is 27.8 Å². The lowest BCUT2D eigenvalue weighted by atomic mass is 10.0. The van der Waals surface area contributed by atoms with E-state index >= 15 is 0 Å². The number of halogens is 2. The van der Waals surface area contributed by atoms with Gasteiger partial charge in [0.05, 0.1) is 16.5 Å². The molecule has 0 bridgehead atoms. The van der Waals surface area contributed by atoms with Crippen LogP contribution < -0.4 is 4.74 Å². The van der Waals surface area contributed by atoms with Gasteiger partial charge in [-0.2, -0.15) is 8.78 Å². The average molecular weight is 397 g/mol. The van der Waals surface area contributed by atoms with Gasteiger partial charge in [0.25, 0.3) is 0 Å². The van der Waals surface area contributed by atoms with Crippen LogP contribution >= 0.6 is 0 Å². The summed E-state index contributed by atoms with van der Waals surface area (Å²) in [5.74, 6) is -1.08. The Balaban J connectivity index is 2.04. The summed E-state index contributed by atoms with van der Waals surface area (Å²) in [5.41, 5.74) is 2.48. The van der Waals surface area contributed by atoms with Crippen LogP contribution in [0.5, 0.6) is 5.75 Å². The van der Waals surface area contributed by atoms with Crippen molar-refractivity contribution in [3.8, 4) is 17.2 Å². The van der Waals surface area contributed by atoms with E-state index in [1.807, 2.05) is 31.2 Å². The van der Waals surface area contributed by atoms with Crippen LogP contribution in [0.3, 0.4) is 0 Å². The van der Waals surface area contributed by atoms with E-state index in [0.717, 1.165) is 10.9 Å². The number of fused-ring (bicyclic) bond motifs is 2. The SMILES string of the molecule is Cc1c(-c2cc(C(=O)O)c3c(OC(C)(F)F)ccc(C)c3n2)oc2ccccc12. The number of rotatable bonds is 4. The number of alkyl halides is 2. The van der Waals surface area contributed by atoms with Crippen LogP contribution in [0.2, 0.25) is 0 Å². The molecular formula is C22H17F2NO4. The number of carboxylic acids is 1. The van der Waals surface area contributed by atoms with Gasteiger partial charge in [0, 0.05) is 17.9 Å². The monoisotopic (exact) mass is 397 g/mol. The third kappa shape index (κ3) is 3.29. The molecule has 0 saturated heterocycles. The highest BCUT2D eigenvalue weighted by Gasteiger charge is 2.27. The number of pyridine rings is 1. The quantitative estimate of drug-likeness (QED) is 0.460. The first kappa shape index (κ1) is 18.9. The zero-order chi connectivity index (χ0) is 20.9. The maximum atomic E-state index is 13.5. The third-order valence-corrected chi connectivity index (χ3v) is 4.72. The molecule has 1 N–H and O–H groups in total. The molecule has 0 fully saturated rings. The van der Waals surface area contributed by atoms with Gasteiger partial charge < -0.3 is 14.3 Å². The molecule has 29 heavy (non-hydrogen) atoms. The van der Waals surface area contributed by atoms with Gasteiger partial charge in [-0.3, -0.25) is 0 Å². The molecule has 0 aliphatic carbocycles. The minimum absolute atomic E-state index is 0.0246. The van der Waals surface area contributed by atoms with Gasteiger partial charge in [-0.1, -0.05) is 24.3 Å². The molecule has 148 valence electrons. The highest BCUT2D eigenvalue weighted by molar-refractivity contribution is 6.07. The predicted octanol–water partition coefficient (Wildman–Crippen LogP) is 5.95. The molecule has 4 rings (SSSR count). The van der Waals surface area contributed by atoms with Gasteiger partial charge in [0.15, 0.2) is 5.76 Å². The van der Waals surface area contributed by atoms with E-state index in [1.165, 1.54) is 12.1 Å². The number of aromatic nitrogens is 1. The third-order valence-electron chi connectivity index (χ3n) is 4.72. The van der Waals surface area contributed by atoms with Gasteiger partial charge in [-0.15, -0.1) is 0 Å². The van der Waals surface area contributed by atoms with E-state index in [2.05, 4.69) is 4.98 Å². The Labute approximate surface area is 164 Å². The highest BCUT2D eigenvalue weighted by Crippen LogP contribution is 2.38.